The van der Waals surface area contributed by atoms with E-state index in [2.05, 4.69) is 18.2 Å². The number of hydrogen-bond donors (Lipinski definition) is 1. The number of ether oxygens (including phenoxy) is 1. The first-order valence-corrected chi connectivity index (χ1v) is 6.39. The topological polar surface area (TPSA) is 29.5 Å². The van der Waals surface area contributed by atoms with Crippen LogP contribution in [-0.2, 0) is 6.61 Å². The molecule has 15 heavy (non-hydrogen) atoms. The number of hydrogen-bond acceptors (Lipinski definition) is 2. The van der Waals surface area contributed by atoms with Gasteiger partial charge in [0.15, 0.2) is 0 Å². The van der Waals surface area contributed by atoms with Crippen LogP contribution in [0.25, 0.3) is 10.0 Å². The van der Waals surface area contributed by atoms with Crippen LogP contribution in [-0.4, -0.2) is 26.7 Å². The molecule has 0 radical (unpaired) electrons. The van der Waals surface area contributed by atoms with Gasteiger partial charge in [0.1, 0.15) is 0 Å². The molecule has 3 heteroatoms. The molecule has 0 fully saturated rings. The van der Waals surface area contributed by atoms with Gasteiger partial charge in [-0.2, -0.15) is 0 Å². The Bertz CT molecular complexity index is 431. The molecular weight excluding hydrogens is 255 g/mol. The van der Waals surface area contributed by atoms with E-state index in [0.717, 1.165) is 10.2 Å². The van der Waals surface area contributed by atoms with Gasteiger partial charge in [-0.1, -0.05) is 0 Å². The van der Waals surface area contributed by atoms with Crippen LogP contribution >= 0.6 is 0 Å². The first kappa shape index (κ1) is 10.5. The fraction of sp³-hybridized carbons (Fsp3) is 0.167. The number of rotatable bonds is 3. The average molecular weight is 267 g/mol. The molecule has 2 aromatic rings. The number of aliphatic hydroxyl groups excluding tert-OH is 1. The summed E-state index contributed by atoms with van der Waals surface area (Å²) in [5, 5.41) is 9.01. The molecule has 1 N–H and O–H groups in total. The monoisotopic (exact) mass is 268 g/mol. The molecule has 0 bridgehead atoms. The quantitative estimate of drug-likeness (QED) is 0.861. The van der Waals surface area contributed by atoms with E-state index in [1.165, 1.54) is 10.0 Å². The normalized spacial score (nSPS) is 10.3. The summed E-state index contributed by atoms with van der Waals surface area (Å²) < 4.78 is 7.55. The second-order valence-electron chi connectivity index (χ2n) is 3.15. The summed E-state index contributed by atoms with van der Waals surface area (Å²) >= 11 is 0.281. The summed E-state index contributed by atoms with van der Waals surface area (Å²) in [6.07, 6.45) is 0. The van der Waals surface area contributed by atoms with Crippen LogP contribution in [0.4, 0.5) is 0 Å². The van der Waals surface area contributed by atoms with Crippen molar-refractivity contribution >= 4 is 14.5 Å². The van der Waals surface area contributed by atoms with Crippen molar-refractivity contribution in [2.45, 2.75) is 6.61 Å². The Balaban J connectivity index is 2.28. The fourth-order valence-corrected chi connectivity index (χ4v) is 3.21. The zero-order chi connectivity index (χ0) is 10.7. The molecule has 1 heterocycles. The van der Waals surface area contributed by atoms with Crippen molar-refractivity contribution < 1.29 is 9.84 Å². The van der Waals surface area contributed by atoms with Crippen molar-refractivity contribution in [2.24, 2.45) is 0 Å². The summed E-state index contributed by atoms with van der Waals surface area (Å²) in [7, 11) is 1.67. The van der Waals surface area contributed by atoms with Crippen LogP contribution in [0.5, 0.6) is 5.75 Å². The molecule has 1 aromatic carbocycles. The molecule has 0 spiro atoms. The van der Waals surface area contributed by atoms with Gasteiger partial charge in [0, 0.05) is 0 Å². The zero-order valence-electron chi connectivity index (χ0n) is 8.43. The summed E-state index contributed by atoms with van der Waals surface area (Å²) in [6.45, 7) is 0.177. The SMILES string of the molecule is COc1ccc(-c2ccc(CO)[se]2)cc1. The van der Waals surface area contributed by atoms with E-state index in [9.17, 15) is 0 Å². The van der Waals surface area contributed by atoms with Crippen LogP contribution in [0.1, 0.15) is 4.44 Å². The van der Waals surface area contributed by atoms with Gasteiger partial charge in [0.25, 0.3) is 0 Å². The first-order chi connectivity index (χ1) is 7.33. The molecule has 2 rings (SSSR count). The molecule has 0 saturated carbocycles. The van der Waals surface area contributed by atoms with Crippen molar-refractivity contribution in [1.29, 1.82) is 0 Å². The second-order valence-corrected chi connectivity index (χ2v) is 5.60. The summed E-state index contributed by atoms with van der Waals surface area (Å²) in [4.78, 5) is 0. The summed E-state index contributed by atoms with van der Waals surface area (Å²) in [5.74, 6) is 0.875. The maximum atomic E-state index is 9.01. The third kappa shape index (κ3) is 2.32. The number of benzene rings is 1. The Labute approximate surface area is 94.9 Å². The van der Waals surface area contributed by atoms with Crippen LogP contribution in [0, 0.1) is 0 Å². The Hall–Kier alpha value is -1.02. The second kappa shape index (κ2) is 4.67. The van der Waals surface area contributed by atoms with Gasteiger partial charge in [-0.05, 0) is 0 Å². The minimum atomic E-state index is 0.177. The average Bonchev–Trinajstić information content (AvgIpc) is 2.78. The Morgan fingerprint density at radius 3 is 2.40 bits per heavy atom. The van der Waals surface area contributed by atoms with Gasteiger partial charge in [-0.15, -0.1) is 0 Å². The van der Waals surface area contributed by atoms with E-state index in [1.807, 2.05) is 18.2 Å². The van der Waals surface area contributed by atoms with Crippen molar-refractivity contribution in [3.63, 3.8) is 0 Å². The van der Waals surface area contributed by atoms with E-state index in [4.69, 9.17) is 9.84 Å². The maximum absolute atomic E-state index is 9.01. The molecule has 2 nitrogen and oxygen atoms in total. The zero-order valence-corrected chi connectivity index (χ0v) is 10.1. The molecule has 0 amide bonds. The van der Waals surface area contributed by atoms with Gasteiger partial charge in [0.05, 0.1) is 0 Å². The van der Waals surface area contributed by atoms with Gasteiger partial charge in [-0.3, -0.25) is 0 Å². The molecule has 0 saturated heterocycles. The van der Waals surface area contributed by atoms with Crippen LogP contribution < -0.4 is 4.74 Å². The molecular formula is C12H12O2Se. The summed E-state index contributed by atoms with van der Waals surface area (Å²) in [5.41, 5.74) is 1.22. The van der Waals surface area contributed by atoms with Crippen LogP contribution in [0.15, 0.2) is 36.4 Å². The van der Waals surface area contributed by atoms with Gasteiger partial charge < -0.3 is 0 Å². The number of aliphatic hydroxyl groups is 1. The van der Waals surface area contributed by atoms with Gasteiger partial charge >= 0.3 is 94.6 Å². The molecule has 0 aliphatic carbocycles. The fourth-order valence-electron chi connectivity index (χ4n) is 1.37. The molecule has 78 valence electrons. The van der Waals surface area contributed by atoms with Crippen molar-refractivity contribution in [2.75, 3.05) is 7.11 Å². The van der Waals surface area contributed by atoms with Crippen LogP contribution in [0.3, 0.4) is 0 Å². The Morgan fingerprint density at radius 2 is 1.87 bits per heavy atom. The molecule has 0 aliphatic rings. The van der Waals surface area contributed by atoms with E-state index in [0.29, 0.717) is 0 Å². The van der Waals surface area contributed by atoms with Crippen molar-refractivity contribution in [1.82, 2.24) is 0 Å². The molecule has 0 unspecified atom stereocenters. The predicted octanol–water partition coefficient (Wildman–Crippen LogP) is 1.91. The van der Waals surface area contributed by atoms with Crippen molar-refractivity contribution in [3.05, 3.63) is 40.8 Å². The Kier molecular flexibility index (Phi) is 3.27. The molecule has 0 aliphatic heterocycles. The van der Waals surface area contributed by atoms with Gasteiger partial charge in [0.2, 0.25) is 0 Å². The molecule has 1 aromatic heterocycles. The van der Waals surface area contributed by atoms with E-state index in [1.54, 1.807) is 7.11 Å². The van der Waals surface area contributed by atoms with E-state index >= 15 is 0 Å². The standard InChI is InChI=1S/C12H12O2Se/c1-14-10-4-2-9(3-5-10)12-7-6-11(8-13)15-12/h2-7,13H,8H2,1H3. The number of methoxy groups -OCH3 is 1. The van der Waals surface area contributed by atoms with Gasteiger partial charge in [-0.25, -0.2) is 0 Å². The van der Waals surface area contributed by atoms with E-state index < -0.39 is 0 Å². The first-order valence-electron chi connectivity index (χ1n) is 4.67. The third-order valence-electron chi connectivity index (χ3n) is 2.19. The minimum absolute atomic E-state index is 0.177. The van der Waals surface area contributed by atoms with Crippen molar-refractivity contribution in [3.8, 4) is 15.8 Å². The summed E-state index contributed by atoms with van der Waals surface area (Å²) in [6, 6.07) is 12.1. The molecule has 0 atom stereocenters. The van der Waals surface area contributed by atoms with E-state index in [-0.39, 0.29) is 21.1 Å². The Morgan fingerprint density at radius 1 is 1.13 bits per heavy atom. The third-order valence-corrected chi connectivity index (χ3v) is 4.54. The predicted molar refractivity (Wildman–Crippen MR) is 61.3 cm³/mol. The van der Waals surface area contributed by atoms with Crippen LogP contribution in [0.2, 0.25) is 0 Å².